The molecule has 2 heteroatoms. The van der Waals surface area contributed by atoms with E-state index in [1.807, 2.05) is 0 Å². The lowest BCUT2D eigenvalue weighted by molar-refractivity contribution is 0.405. The van der Waals surface area contributed by atoms with E-state index in [9.17, 15) is 0 Å². The Morgan fingerprint density at radius 2 is 2.00 bits per heavy atom. The van der Waals surface area contributed by atoms with Crippen LogP contribution in [0.3, 0.4) is 0 Å². The summed E-state index contributed by atoms with van der Waals surface area (Å²) in [6.07, 6.45) is 2.35. The first-order chi connectivity index (χ1) is 6.20. The van der Waals surface area contributed by atoms with Crippen LogP contribution in [0.15, 0.2) is 11.4 Å². The van der Waals surface area contributed by atoms with Gasteiger partial charge >= 0.3 is 0 Å². The summed E-state index contributed by atoms with van der Waals surface area (Å²) in [5.41, 5.74) is 7.56. The second-order valence-corrected chi connectivity index (χ2v) is 4.65. The molecule has 1 rings (SSSR count). The van der Waals surface area contributed by atoms with Crippen molar-refractivity contribution in [2.45, 2.75) is 39.7 Å². The number of aryl methyl sites for hydroxylation is 1. The van der Waals surface area contributed by atoms with Crippen LogP contribution in [-0.2, 0) is 0 Å². The third-order valence-corrected chi connectivity index (χ3v) is 3.68. The zero-order valence-electron chi connectivity index (χ0n) is 8.71. The van der Waals surface area contributed by atoms with Crippen LogP contribution < -0.4 is 5.73 Å². The Hall–Kier alpha value is -0.340. The molecule has 0 fully saturated rings. The molecule has 74 valence electrons. The molecule has 1 atom stereocenters. The van der Waals surface area contributed by atoms with Gasteiger partial charge in [0.25, 0.3) is 0 Å². The van der Waals surface area contributed by atoms with Gasteiger partial charge in [0.15, 0.2) is 0 Å². The molecule has 0 aliphatic heterocycles. The minimum absolute atomic E-state index is 0.237. The predicted octanol–water partition coefficient (Wildman–Crippen LogP) is 3.49. The Morgan fingerprint density at radius 1 is 1.38 bits per heavy atom. The van der Waals surface area contributed by atoms with E-state index in [1.165, 1.54) is 23.3 Å². The number of hydrogen-bond acceptors (Lipinski definition) is 2. The molecule has 0 aliphatic rings. The molecule has 1 unspecified atom stereocenters. The second kappa shape index (κ2) is 4.77. The van der Waals surface area contributed by atoms with Crippen LogP contribution in [0, 0.1) is 12.8 Å². The first kappa shape index (κ1) is 10.7. The number of rotatable bonds is 4. The molecule has 0 saturated carbocycles. The summed E-state index contributed by atoms with van der Waals surface area (Å²) in [7, 11) is 0. The monoisotopic (exact) mass is 197 g/mol. The Balaban J connectivity index is 2.77. The highest BCUT2D eigenvalue weighted by Gasteiger charge is 2.17. The van der Waals surface area contributed by atoms with E-state index in [-0.39, 0.29) is 6.04 Å². The fourth-order valence-corrected chi connectivity index (χ4v) is 2.55. The van der Waals surface area contributed by atoms with Gasteiger partial charge in [0.2, 0.25) is 0 Å². The van der Waals surface area contributed by atoms with Gasteiger partial charge in [-0.3, -0.25) is 0 Å². The molecular weight excluding hydrogens is 178 g/mol. The number of hydrogen-bond donors (Lipinski definition) is 1. The molecule has 0 radical (unpaired) electrons. The molecule has 1 heterocycles. The van der Waals surface area contributed by atoms with Crippen LogP contribution in [0.5, 0.6) is 0 Å². The smallest absolute Gasteiger partial charge is 0.0334 e. The lowest BCUT2D eigenvalue weighted by atomic mass is 9.90. The van der Waals surface area contributed by atoms with Gasteiger partial charge in [-0.05, 0) is 29.9 Å². The fourth-order valence-electron chi connectivity index (χ4n) is 1.79. The molecule has 0 aliphatic carbocycles. The van der Waals surface area contributed by atoms with Crippen LogP contribution in [0.25, 0.3) is 0 Å². The largest absolute Gasteiger partial charge is 0.324 e. The highest BCUT2D eigenvalue weighted by atomic mass is 32.1. The molecule has 0 spiro atoms. The van der Waals surface area contributed by atoms with Gasteiger partial charge in [0.1, 0.15) is 0 Å². The van der Waals surface area contributed by atoms with E-state index in [2.05, 4.69) is 32.2 Å². The van der Waals surface area contributed by atoms with Crippen LogP contribution in [-0.4, -0.2) is 0 Å². The molecule has 1 aromatic heterocycles. The SMILES string of the molecule is CCC(CC)C(N)c1ccsc1C. The highest BCUT2D eigenvalue weighted by molar-refractivity contribution is 7.10. The van der Waals surface area contributed by atoms with Gasteiger partial charge in [0, 0.05) is 10.9 Å². The van der Waals surface area contributed by atoms with Crippen molar-refractivity contribution >= 4 is 11.3 Å². The van der Waals surface area contributed by atoms with Crippen LogP contribution >= 0.6 is 11.3 Å². The predicted molar refractivity (Wildman–Crippen MR) is 60.1 cm³/mol. The van der Waals surface area contributed by atoms with Gasteiger partial charge in [-0.2, -0.15) is 0 Å². The van der Waals surface area contributed by atoms with E-state index >= 15 is 0 Å². The summed E-state index contributed by atoms with van der Waals surface area (Å²) in [6.45, 7) is 6.59. The van der Waals surface area contributed by atoms with Crippen molar-refractivity contribution in [3.05, 3.63) is 21.9 Å². The Kier molecular flexibility index (Phi) is 3.94. The van der Waals surface area contributed by atoms with Crippen molar-refractivity contribution in [1.29, 1.82) is 0 Å². The number of thiophene rings is 1. The van der Waals surface area contributed by atoms with Crippen LogP contribution in [0.1, 0.15) is 43.2 Å². The summed E-state index contributed by atoms with van der Waals surface area (Å²) in [5.74, 6) is 0.633. The van der Waals surface area contributed by atoms with Gasteiger partial charge in [0.05, 0.1) is 0 Å². The molecule has 0 amide bonds. The number of nitrogens with two attached hydrogens (primary N) is 1. The Bertz CT molecular complexity index is 250. The van der Waals surface area contributed by atoms with E-state index < -0.39 is 0 Å². The van der Waals surface area contributed by atoms with Gasteiger partial charge in [-0.1, -0.05) is 26.7 Å². The quantitative estimate of drug-likeness (QED) is 0.785. The zero-order chi connectivity index (χ0) is 9.84. The summed E-state index contributed by atoms with van der Waals surface area (Å²) >= 11 is 1.79. The van der Waals surface area contributed by atoms with E-state index in [0.717, 1.165) is 0 Å². The second-order valence-electron chi connectivity index (χ2n) is 3.53. The van der Waals surface area contributed by atoms with Gasteiger partial charge < -0.3 is 5.73 Å². The first-order valence-corrected chi connectivity index (χ1v) is 5.88. The van der Waals surface area contributed by atoms with Crippen molar-refractivity contribution in [2.75, 3.05) is 0 Å². The van der Waals surface area contributed by atoms with Gasteiger partial charge in [-0.25, -0.2) is 0 Å². The summed E-state index contributed by atoms with van der Waals surface area (Å²) in [4.78, 5) is 1.37. The van der Waals surface area contributed by atoms with E-state index in [4.69, 9.17) is 5.73 Å². The van der Waals surface area contributed by atoms with E-state index in [1.54, 1.807) is 11.3 Å². The zero-order valence-corrected chi connectivity index (χ0v) is 9.53. The summed E-state index contributed by atoms with van der Waals surface area (Å²) < 4.78 is 0. The summed E-state index contributed by atoms with van der Waals surface area (Å²) in [5, 5.41) is 2.13. The van der Waals surface area contributed by atoms with E-state index in [0.29, 0.717) is 5.92 Å². The molecule has 0 aromatic carbocycles. The van der Waals surface area contributed by atoms with Crippen molar-refractivity contribution in [1.82, 2.24) is 0 Å². The topological polar surface area (TPSA) is 26.0 Å². The van der Waals surface area contributed by atoms with Gasteiger partial charge in [-0.15, -0.1) is 11.3 Å². The minimum Gasteiger partial charge on any atom is -0.324 e. The highest BCUT2D eigenvalue weighted by Crippen LogP contribution is 2.29. The Labute approximate surface area is 85.0 Å². The molecule has 0 bridgehead atoms. The van der Waals surface area contributed by atoms with Crippen LogP contribution in [0.2, 0.25) is 0 Å². The van der Waals surface area contributed by atoms with Crippen LogP contribution in [0.4, 0.5) is 0 Å². The molecule has 13 heavy (non-hydrogen) atoms. The standard InChI is InChI=1S/C11H19NS/c1-4-9(5-2)11(12)10-6-7-13-8(10)3/h6-7,9,11H,4-5,12H2,1-3H3. The normalized spacial score (nSPS) is 13.6. The minimum atomic E-state index is 0.237. The third kappa shape index (κ3) is 2.32. The lowest BCUT2D eigenvalue weighted by Gasteiger charge is -2.21. The average molecular weight is 197 g/mol. The maximum absolute atomic E-state index is 6.21. The Morgan fingerprint density at radius 3 is 2.38 bits per heavy atom. The van der Waals surface area contributed by atoms with Crippen molar-refractivity contribution in [3.63, 3.8) is 0 Å². The maximum atomic E-state index is 6.21. The van der Waals surface area contributed by atoms with Crippen molar-refractivity contribution in [3.8, 4) is 0 Å². The summed E-state index contributed by atoms with van der Waals surface area (Å²) in [6, 6.07) is 2.41. The molecule has 2 N–H and O–H groups in total. The molecule has 1 aromatic rings. The third-order valence-electron chi connectivity index (χ3n) is 2.81. The molecular formula is C11H19NS. The average Bonchev–Trinajstić information content (AvgIpc) is 2.53. The maximum Gasteiger partial charge on any atom is 0.0334 e. The fraction of sp³-hybridized carbons (Fsp3) is 0.636. The lowest BCUT2D eigenvalue weighted by Crippen LogP contribution is -2.20. The molecule has 0 saturated heterocycles. The first-order valence-electron chi connectivity index (χ1n) is 5.00. The molecule has 1 nitrogen and oxygen atoms in total. The van der Waals surface area contributed by atoms with Crippen molar-refractivity contribution < 1.29 is 0 Å². The van der Waals surface area contributed by atoms with Crippen molar-refractivity contribution in [2.24, 2.45) is 11.7 Å².